The fraction of sp³-hybridized carbons (Fsp3) is 1.00. The minimum Gasteiger partial charge on any atom is -0.314 e. The molecule has 1 nitrogen and oxygen atoms in total. The van der Waals surface area contributed by atoms with E-state index in [0.29, 0.717) is 0 Å². The smallest absolute Gasteiger partial charge is 0.00953 e. The third-order valence-electron chi connectivity index (χ3n) is 3.47. The van der Waals surface area contributed by atoms with Gasteiger partial charge in [0.1, 0.15) is 0 Å². The molecule has 0 amide bonds. The Morgan fingerprint density at radius 1 is 1.31 bits per heavy atom. The van der Waals surface area contributed by atoms with Crippen molar-refractivity contribution in [1.82, 2.24) is 5.32 Å². The first-order chi connectivity index (χ1) is 6.15. The van der Waals surface area contributed by atoms with E-state index in [1.807, 2.05) is 0 Å². The van der Waals surface area contributed by atoms with Gasteiger partial charge in [-0.2, -0.15) is 0 Å². The van der Waals surface area contributed by atoms with E-state index in [2.05, 4.69) is 33.0 Å². The van der Waals surface area contributed by atoms with Crippen molar-refractivity contribution in [3.05, 3.63) is 0 Å². The first-order valence-electron chi connectivity index (χ1n) is 5.88. The predicted octanol–water partition coefficient (Wildman–Crippen LogP) is 3.06. The van der Waals surface area contributed by atoms with Crippen molar-refractivity contribution >= 4 is 0 Å². The Hall–Kier alpha value is -0.0400. The molecule has 78 valence electrons. The minimum atomic E-state index is 0.800. The molecule has 0 aromatic carbocycles. The second-order valence-corrected chi connectivity index (χ2v) is 4.99. The molecule has 1 aliphatic rings. The fourth-order valence-electron chi connectivity index (χ4n) is 2.74. The van der Waals surface area contributed by atoms with E-state index in [1.54, 1.807) is 0 Å². The molecule has 3 unspecified atom stereocenters. The van der Waals surface area contributed by atoms with Gasteiger partial charge in [0, 0.05) is 6.04 Å². The van der Waals surface area contributed by atoms with Gasteiger partial charge < -0.3 is 5.32 Å². The third-order valence-corrected chi connectivity index (χ3v) is 3.47. The standard InChI is InChI=1S/C12H25N/c1-5-13-12-7-6-11(10(12)4)8-9(2)3/h9-13H,5-8H2,1-4H3. The monoisotopic (exact) mass is 183 g/mol. The molecule has 3 atom stereocenters. The van der Waals surface area contributed by atoms with Gasteiger partial charge in [-0.05, 0) is 43.6 Å². The van der Waals surface area contributed by atoms with Crippen LogP contribution in [0.15, 0.2) is 0 Å². The van der Waals surface area contributed by atoms with Gasteiger partial charge in [-0.15, -0.1) is 0 Å². The van der Waals surface area contributed by atoms with Crippen molar-refractivity contribution in [2.45, 2.75) is 53.0 Å². The summed E-state index contributed by atoms with van der Waals surface area (Å²) in [6.45, 7) is 10.4. The maximum Gasteiger partial charge on any atom is 0.00953 e. The van der Waals surface area contributed by atoms with Crippen molar-refractivity contribution < 1.29 is 0 Å². The average Bonchev–Trinajstić information content (AvgIpc) is 2.36. The highest BCUT2D eigenvalue weighted by atomic mass is 14.9. The summed E-state index contributed by atoms with van der Waals surface area (Å²) in [7, 11) is 0. The lowest BCUT2D eigenvalue weighted by atomic mass is 9.88. The molecule has 1 saturated carbocycles. The summed E-state index contributed by atoms with van der Waals surface area (Å²) in [5.74, 6) is 2.74. The summed E-state index contributed by atoms with van der Waals surface area (Å²) in [6.07, 6.45) is 4.26. The molecule has 0 aliphatic heterocycles. The Balaban J connectivity index is 2.35. The Morgan fingerprint density at radius 2 is 2.00 bits per heavy atom. The van der Waals surface area contributed by atoms with E-state index in [-0.39, 0.29) is 0 Å². The van der Waals surface area contributed by atoms with Crippen molar-refractivity contribution in [3.8, 4) is 0 Å². The van der Waals surface area contributed by atoms with Gasteiger partial charge in [0.25, 0.3) is 0 Å². The van der Waals surface area contributed by atoms with Crippen LogP contribution in [0.25, 0.3) is 0 Å². The lowest BCUT2D eigenvalue weighted by Crippen LogP contribution is -2.32. The molecule has 1 aliphatic carbocycles. The van der Waals surface area contributed by atoms with Crippen LogP contribution in [-0.4, -0.2) is 12.6 Å². The summed E-state index contributed by atoms with van der Waals surface area (Å²) < 4.78 is 0. The van der Waals surface area contributed by atoms with Gasteiger partial charge in [0.15, 0.2) is 0 Å². The minimum absolute atomic E-state index is 0.800. The molecule has 0 saturated heterocycles. The van der Waals surface area contributed by atoms with Crippen molar-refractivity contribution in [1.29, 1.82) is 0 Å². The number of hydrogen-bond acceptors (Lipinski definition) is 1. The van der Waals surface area contributed by atoms with E-state index in [1.165, 1.54) is 19.3 Å². The van der Waals surface area contributed by atoms with Crippen molar-refractivity contribution in [2.75, 3.05) is 6.54 Å². The molecule has 13 heavy (non-hydrogen) atoms. The van der Waals surface area contributed by atoms with E-state index >= 15 is 0 Å². The SMILES string of the molecule is CCNC1CCC(CC(C)C)C1C. The predicted molar refractivity (Wildman–Crippen MR) is 58.8 cm³/mol. The van der Waals surface area contributed by atoms with Gasteiger partial charge >= 0.3 is 0 Å². The van der Waals surface area contributed by atoms with E-state index < -0.39 is 0 Å². The Kier molecular flexibility index (Phi) is 4.24. The molecule has 1 rings (SSSR count). The molecule has 0 aromatic heterocycles. The average molecular weight is 183 g/mol. The molecule has 0 radical (unpaired) electrons. The zero-order valence-electron chi connectivity index (χ0n) is 9.64. The zero-order valence-corrected chi connectivity index (χ0v) is 9.64. The van der Waals surface area contributed by atoms with Crippen LogP contribution in [0.5, 0.6) is 0 Å². The summed E-state index contributed by atoms with van der Waals surface area (Å²) in [5.41, 5.74) is 0. The highest BCUT2D eigenvalue weighted by molar-refractivity contribution is 4.86. The highest BCUT2D eigenvalue weighted by Crippen LogP contribution is 2.35. The van der Waals surface area contributed by atoms with E-state index in [9.17, 15) is 0 Å². The van der Waals surface area contributed by atoms with Gasteiger partial charge in [0.05, 0.1) is 0 Å². The summed E-state index contributed by atoms with van der Waals surface area (Å²) in [4.78, 5) is 0. The van der Waals surface area contributed by atoms with Crippen molar-refractivity contribution in [3.63, 3.8) is 0 Å². The summed E-state index contributed by atoms with van der Waals surface area (Å²) in [5, 5.41) is 3.60. The third kappa shape index (κ3) is 2.98. The number of rotatable bonds is 4. The topological polar surface area (TPSA) is 12.0 Å². The Labute approximate surface area is 83.3 Å². The lowest BCUT2D eigenvalue weighted by molar-refractivity contribution is 0.309. The molecule has 0 heterocycles. The molecule has 0 aromatic rings. The van der Waals surface area contributed by atoms with Crippen LogP contribution >= 0.6 is 0 Å². The maximum atomic E-state index is 3.60. The Morgan fingerprint density at radius 3 is 2.54 bits per heavy atom. The van der Waals surface area contributed by atoms with E-state index in [0.717, 1.165) is 30.3 Å². The molecule has 1 N–H and O–H groups in total. The van der Waals surface area contributed by atoms with Crippen LogP contribution in [-0.2, 0) is 0 Å². The van der Waals surface area contributed by atoms with Gasteiger partial charge in [-0.1, -0.05) is 27.7 Å². The van der Waals surface area contributed by atoms with Crippen LogP contribution in [0, 0.1) is 17.8 Å². The lowest BCUT2D eigenvalue weighted by Gasteiger charge is -2.22. The van der Waals surface area contributed by atoms with Gasteiger partial charge in [-0.3, -0.25) is 0 Å². The second-order valence-electron chi connectivity index (χ2n) is 4.99. The van der Waals surface area contributed by atoms with Crippen LogP contribution in [0.4, 0.5) is 0 Å². The first-order valence-corrected chi connectivity index (χ1v) is 5.88. The quantitative estimate of drug-likeness (QED) is 0.706. The van der Waals surface area contributed by atoms with Crippen LogP contribution in [0.2, 0.25) is 0 Å². The van der Waals surface area contributed by atoms with Crippen LogP contribution in [0.3, 0.4) is 0 Å². The maximum absolute atomic E-state index is 3.60. The normalized spacial score (nSPS) is 34.4. The summed E-state index contributed by atoms with van der Waals surface area (Å²) in [6, 6.07) is 0.800. The highest BCUT2D eigenvalue weighted by Gasteiger charge is 2.31. The second kappa shape index (κ2) is 4.99. The van der Waals surface area contributed by atoms with Gasteiger partial charge in [-0.25, -0.2) is 0 Å². The number of hydrogen-bond donors (Lipinski definition) is 1. The molecule has 0 spiro atoms. The van der Waals surface area contributed by atoms with E-state index in [4.69, 9.17) is 0 Å². The molecule has 1 fully saturated rings. The van der Waals surface area contributed by atoms with Crippen LogP contribution in [0.1, 0.15) is 47.0 Å². The van der Waals surface area contributed by atoms with Gasteiger partial charge in [0.2, 0.25) is 0 Å². The van der Waals surface area contributed by atoms with Crippen molar-refractivity contribution in [2.24, 2.45) is 17.8 Å². The first kappa shape index (κ1) is 11.0. The zero-order chi connectivity index (χ0) is 9.84. The molecule has 1 heteroatoms. The molecular weight excluding hydrogens is 158 g/mol. The fourth-order valence-corrected chi connectivity index (χ4v) is 2.74. The summed E-state index contributed by atoms with van der Waals surface area (Å²) >= 11 is 0. The Bertz CT molecular complexity index is 142. The molecular formula is C12H25N. The number of nitrogens with one attached hydrogen (secondary N) is 1. The largest absolute Gasteiger partial charge is 0.314 e. The molecule has 0 bridgehead atoms. The van der Waals surface area contributed by atoms with Crippen LogP contribution < -0.4 is 5.32 Å².